The van der Waals surface area contributed by atoms with E-state index in [9.17, 15) is 4.79 Å². The van der Waals surface area contributed by atoms with Crippen LogP contribution in [0.3, 0.4) is 0 Å². The number of Topliss-reactive ketones (excluding diaryl/α,β-unsaturated/α-hetero) is 1. The average Bonchev–Trinajstić information content (AvgIpc) is 2.95. The van der Waals surface area contributed by atoms with Crippen molar-refractivity contribution < 1.29 is 9.53 Å². The Morgan fingerprint density at radius 3 is 2.42 bits per heavy atom. The maximum Gasteiger partial charge on any atom is 0.202 e. The summed E-state index contributed by atoms with van der Waals surface area (Å²) < 4.78 is 7.83. The maximum absolute atomic E-state index is 12.7. The number of nitrogens with zero attached hydrogens (tertiary/aromatic N) is 2. The van der Waals surface area contributed by atoms with Crippen molar-refractivity contribution in [3.63, 3.8) is 0 Å². The van der Waals surface area contributed by atoms with Crippen molar-refractivity contribution >= 4 is 11.5 Å². The molecule has 4 nitrogen and oxygen atoms in total. The molecule has 26 heavy (non-hydrogen) atoms. The van der Waals surface area contributed by atoms with Crippen LogP contribution in [0.2, 0.25) is 0 Å². The number of aryl methyl sites for hydroxylation is 1. The van der Waals surface area contributed by atoms with E-state index >= 15 is 0 Å². The first-order chi connectivity index (χ1) is 12.5. The molecule has 0 radical (unpaired) electrons. The van der Waals surface area contributed by atoms with Crippen molar-refractivity contribution in [2.24, 2.45) is 0 Å². The molecule has 0 aliphatic rings. The van der Waals surface area contributed by atoms with Crippen LogP contribution in [0.25, 0.3) is 5.69 Å². The molecular formula is C22H24N2O2. The van der Waals surface area contributed by atoms with Gasteiger partial charge in [-0.05, 0) is 44.2 Å². The predicted molar refractivity (Wildman–Crippen MR) is 106 cm³/mol. The number of aromatic nitrogens is 1. The van der Waals surface area contributed by atoms with E-state index in [0.29, 0.717) is 11.3 Å². The molecule has 0 aliphatic heterocycles. The predicted octanol–water partition coefficient (Wildman–Crippen LogP) is 4.42. The highest BCUT2D eigenvalue weighted by Crippen LogP contribution is 2.22. The van der Waals surface area contributed by atoms with E-state index in [1.807, 2.05) is 93.5 Å². The van der Waals surface area contributed by atoms with Gasteiger partial charge in [0.2, 0.25) is 5.78 Å². The Kier molecular flexibility index (Phi) is 5.12. The van der Waals surface area contributed by atoms with Gasteiger partial charge < -0.3 is 14.2 Å². The molecule has 0 bridgehead atoms. The van der Waals surface area contributed by atoms with Gasteiger partial charge in [-0.25, -0.2) is 0 Å². The molecule has 134 valence electrons. The number of anilines is 1. The van der Waals surface area contributed by atoms with Gasteiger partial charge in [-0.15, -0.1) is 0 Å². The molecular weight excluding hydrogens is 324 g/mol. The topological polar surface area (TPSA) is 34.5 Å². The third-order valence-corrected chi connectivity index (χ3v) is 4.45. The average molecular weight is 348 g/mol. The summed E-state index contributed by atoms with van der Waals surface area (Å²) >= 11 is 0. The van der Waals surface area contributed by atoms with Gasteiger partial charge in [-0.2, -0.15) is 0 Å². The lowest BCUT2D eigenvalue weighted by Crippen LogP contribution is -2.13. The van der Waals surface area contributed by atoms with Crippen LogP contribution in [0.5, 0.6) is 5.75 Å². The standard InChI is InChI=1S/C22H24N2O2/c1-16-13-21(17(2)24(16)18-9-6-5-7-10-18)22(25)15-26-20-12-8-11-19(14-20)23(3)4/h5-14H,15H2,1-4H3. The zero-order valence-electron chi connectivity index (χ0n) is 15.7. The van der Waals surface area contributed by atoms with Crippen molar-refractivity contribution in [1.82, 2.24) is 4.57 Å². The number of carbonyl (C=O) groups is 1. The van der Waals surface area contributed by atoms with Crippen LogP contribution in [0.4, 0.5) is 5.69 Å². The number of rotatable bonds is 6. The molecule has 3 rings (SSSR count). The fourth-order valence-electron chi connectivity index (χ4n) is 3.10. The zero-order chi connectivity index (χ0) is 18.7. The quantitative estimate of drug-likeness (QED) is 0.618. The van der Waals surface area contributed by atoms with E-state index in [2.05, 4.69) is 4.57 Å². The van der Waals surface area contributed by atoms with E-state index in [0.717, 1.165) is 22.8 Å². The number of hydrogen-bond acceptors (Lipinski definition) is 3. The normalized spacial score (nSPS) is 10.6. The van der Waals surface area contributed by atoms with E-state index in [-0.39, 0.29) is 12.4 Å². The van der Waals surface area contributed by atoms with Crippen molar-refractivity contribution in [2.45, 2.75) is 13.8 Å². The molecule has 4 heteroatoms. The summed E-state index contributed by atoms with van der Waals surface area (Å²) in [6, 6.07) is 19.7. The van der Waals surface area contributed by atoms with E-state index in [1.54, 1.807) is 0 Å². The minimum Gasteiger partial charge on any atom is -0.485 e. The van der Waals surface area contributed by atoms with Crippen molar-refractivity contribution in [3.05, 3.63) is 77.6 Å². The number of benzene rings is 2. The van der Waals surface area contributed by atoms with Crippen LogP contribution in [0.15, 0.2) is 60.7 Å². The van der Waals surface area contributed by atoms with Gasteiger partial charge in [0.05, 0.1) is 0 Å². The van der Waals surface area contributed by atoms with Gasteiger partial charge in [0.15, 0.2) is 6.61 Å². The summed E-state index contributed by atoms with van der Waals surface area (Å²) in [7, 11) is 3.95. The summed E-state index contributed by atoms with van der Waals surface area (Å²) in [4.78, 5) is 14.7. The van der Waals surface area contributed by atoms with E-state index < -0.39 is 0 Å². The summed E-state index contributed by atoms with van der Waals surface area (Å²) in [5.74, 6) is 0.678. The molecule has 0 unspecified atom stereocenters. The smallest absolute Gasteiger partial charge is 0.202 e. The Labute approximate surface area is 154 Å². The lowest BCUT2D eigenvalue weighted by atomic mass is 10.1. The van der Waals surface area contributed by atoms with Crippen LogP contribution in [-0.2, 0) is 0 Å². The van der Waals surface area contributed by atoms with Gasteiger partial charge in [-0.1, -0.05) is 24.3 Å². The molecule has 0 fully saturated rings. The third kappa shape index (κ3) is 3.64. The number of carbonyl (C=O) groups excluding carboxylic acids is 1. The highest BCUT2D eigenvalue weighted by atomic mass is 16.5. The Balaban J connectivity index is 1.78. The van der Waals surface area contributed by atoms with Crippen molar-refractivity contribution in [3.8, 4) is 11.4 Å². The van der Waals surface area contributed by atoms with Gasteiger partial charge in [0, 0.05) is 48.5 Å². The van der Waals surface area contributed by atoms with Gasteiger partial charge in [-0.3, -0.25) is 4.79 Å². The van der Waals surface area contributed by atoms with Crippen LogP contribution in [0, 0.1) is 13.8 Å². The van der Waals surface area contributed by atoms with Gasteiger partial charge in [0.25, 0.3) is 0 Å². The highest BCUT2D eigenvalue weighted by Gasteiger charge is 2.17. The number of ketones is 1. The second kappa shape index (κ2) is 7.48. The molecule has 0 saturated heterocycles. The summed E-state index contributed by atoms with van der Waals surface area (Å²) in [6.45, 7) is 4.01. The van der Waals surface area contributed by atoms with Crippen LogP contribution >= 0.6 is 0 Å². The number of para-hydroxylation sites is 1. The SMILES string of the molecule is Cc1cc(C(=O)COc2cccc(N(C)C)c2)c(C)n1-c1ccccc1. The second-order valence-electron chi connectivity index (χ2n) is 6.56. The second-order valence-corrected chi connectivity index (χ2v) is 6.56. The van der Waals surface area contributed by atoms with Gasteiger partial charge in [0.1, 0.15) is 5.75 Å². The Morgan fingerprint density at radius 1 is 1.00 bits per heavy atom. The largest absolute Gasteiger partial charge is 0.485 e. The molecule has 0 spiro atoms. The highest BCUT2D eigenvalue weighted by molar-refractivity contribution is 5.98. The van der Waals surface area contributed by atoms with Crippen LogP contribution < -0.4 is 9.64 Å². The number of hydrogen-bond donors (Lipinski definition) is 0. The van der Waals surface area contributed by atoms with E-state index in [1.165, 1.54) is 0 Å². The minimum atomic E-state index is -0.0180. The third-order valence-electron chi connectivity index (χ3n) is 4.45. The first kappa shape index (κ1) is 17.8. The monoisotopic (exact) mass is 348 g/mol. The molecule has 3 aromatic rings. The Hall–Kier alpha value is -3.01. The summed E-state index contributed by atoms with van der Waals surface area (Å²) in [5, 5.41) is 0. The fraction of sp³-hybridized carbons (Fsp3) is 0.227. The molecule has 1 heterocycles. The minimum absolute atomic E-state index is 0.0180. The van der Waals surface area contributed by atoms with Crippen LogP contribution in [0.1, 0.15) is 21.7 Å². The van der Waals surface area contributed by atoms with Crippen molar-refractivity contribution in [1.29, 1.82) is 0 Å². The van der Waals surface area contributed by atoms with Crippen LogP contribution in [-0.4, -0.2) is 31.1 Å². The van der Waals surface area contributed by atoms with E-state index in [4.69, 9.17) is 4.74 Å². The molecule has 1 aromatic heterocycles. The maximum atomic E-state index is 12.7. The van der Waals surface area contributed by atoms with Crippen molar-refractivity contribution in [2.75, 3.05) is 25.6 Å². The molecule has 0 saturated carbocycles. The Morgan fingerprint density at radius 2 is 1.73 bits per heavy atom. The van der Waals surface area contributed by atoms with Gasteiger partial charge >= 0.3 is 0 Å². The molecule has 2 aromatic carbocycles. The molecule has 0 aliphatic carbocycles. The Bertz CT molecular complexity index is 911. The molecule has 0 amide bonds. The summed E-state index contributed by atoms with van der Waals surface area (Å²) in [6.07, 6.45) is 0. The molecule has 0 atom stereocenters. The zero-order valence-corrected chi connectivity index (χ0v) is 15.7. The first-order valence-electron chi connectivity index (χ1n) is 8.65. The lowest BCUT2D eigenvalue weighted by Gasteiger charge is -2.14. The summed E-state index contributed by atoms with van der Waals surface area (Å²) in [5.41, 5.74) is 4.77. The number of ether oxygens (including phenoxy) is 1. The molecule has 0 N–H and O–H groups in total. The fourth-order valence-corrected chi connectivity index (χ4v) is 3.10. The lowest BCUT2D eigenvalue weighted by molar-refractivity contribution is 0.0921. The first-order valence-corrected chi connectivity index (χ1v) is 8.65.